The van der Waals surface area contributed by atoms with Crippen LogP contribution >= 0.6 is 0 Å². The summed E-state index contributed by atoms with van der Waals surface area (Å²) in [6.07, 6.45) is 3.08. The Kier molecular flexibility index (Phi) is 4.47. The second-order valence-corrected chi connectivity index (χ2v) is 9.36. The summed E-state index contributed by atoms with van der Waals surface area (Å²) in [5, 5.41) is 4.40. The molecule has 25 heavy (non-hydrogen) atoms. The van der Waals surface area contributed by atoms with E-state index in [-0.39, 0.29) is 17.3 Å². The van der Waals surface area contributed by atoms with Gasteiger partial charge in [-0.2, -0.15) is 22.5 Å². The molecule has 6 nitrogen and oxygen atoms in total. The van der Waals surface area contributed by atoms with Crippen molar-refractivity contribution in [2.45, 2.75) is 32.7 Å². The average molecular weight is 366 g/mol. The van der Waals surface area contributed by atoms with Gasteiger partial charge >= 0.3 is 0 Å². The first-order valence-electron chi connectivity index (χ1n) is 8.12. The van der Waals surface area contributed by atoms with Crippen LogP contribution in [-0.4, -0.2) is 36.6 Å². The summed E-state index contributed by atoms with van der Waals surface area (Å²) in [5.74, 6) is -0.332. The Balaban J connectivity index is 2.05. The fourth-order valence-electron chi connectivity index (χ4n) is 3.26. The summed E-state index contributed by atoms with van der Waals surface area (Å²) in [4.78, 5) is 0. The molecule has 0 bridgehead atoms. The van der Waals surface area contributed by atoms with Crippen molar-refractivity contribution in [2.24, 2.45) is 5.41 Å². The molecule has 1 aliphatic rings. The van der Waals surface area contributed by atoms with Gasteiger partial charge in [0.15, 0.2) is 0 Å². The van der Waals surface area contributed by atoms with Crippen molar-refractivity contribution in [3.8, 4) is 5.69 Å². The van der Waals surface area contributed by atoms with E-state index in [1.807, 2.05) is 0 Å². The number of rotatable bonds is 4. The monoisotopic (exact) mass is 366 g/mol. The van der Waals surface area contributed by atoms with Crippen LogP contribution < -0.4 is 4.72 Å². The van der Waals surface area contributed by atoms with Crippen molar-refractivity contribution >= 4 is 10.2 Å². The zero-order valence-electron chi connectivity index (χ0n) is 14.8. The molecule has 0 unspecified atom stereocenters. The van der Waals surface area contributed by atoms with Crippen LogP contribution in [0.2, 0.25) is 0 Å². The van der Waals surface area contributed by atoms with Crippen LogP contribution in [0, 0.1) is 11.2 Å². The zero-order chi connectivity index (χ0) is 18.4. The number of hydrogen-bond donors (Lipinski definition) is 1. The van der Waals surface area contributed by atoms with Crippen molar-refractivity contribution in [3.63, 3.8) is 0 Å². The largest absolute Gasteiger partial charge is 0.279 e. The Bertz CT molecular complexity index is 890. The topological polar surface area (TPSA) is 67.2 Å². The van der Waals surface area contributed by atoms with Crippen LogP contribution in [0.4, 0.5) is 4.39 Å². The minimum Gasteiger partial charge on any atom is -0.237 e. The van der Waals surface area contributed by atoms with Crippen molar-refractivity contribution in [1.82, 2.24) is 18.8 Å². The average Bonchev–Trinajstić information content (AvgIpc) is 2.89. The molecule has 3 rings (SSSR count). The standard InChI is InChI=1S/C17H23FN4O2S/c1-17(2)9-15(20-25(23,24)21(3)4)14-11-19-22(16(14)10-17)13-7-5-6-12(18)8-13/h5-8,11,15,20H,9-10H2,1-4H3/t15-/m0/s1. The molecule has 1 aliphatic carbocycles. The lowest BCUT2D eigenvalue weighted by Gasteiger charge is -2.36. The third kappa shape index (κ3) is 3.61. The van der Waals surface area contributed by atoms with E-state index < -0.39 is 10.2 Å². The number of aromatic nitrogens is 2. The summed E-state index contributed by atoms with van der Waals surface area (Å²) in [6, 6.07) is 5.87. The van der Waals surface area contributed by atoms with Crippen LogP contribution in [0.5, 0.6) is 0 Å². The number of fused-ring (bicyclic) bond motifs is 1. The third-order valence-electron chi connectivity index (χ3n) is 4.50. The highest BCUT2D eigenvalue weighted by Crippen LogP contribution is 2.41. The first kappa shape index (κ1) is 18.0. The molecule has 0 spiro atoms. The van der Waals surface area contributed by atoms with Gasteiger partial charge in [-0.25, -0.2) is 9.07 Å². The molecule has 0 saturated heterocycles. The van der Waals surface area contributed by atoms with E-state index in [1.54, 1.807) is 23.0 Å². The van der Waals surface area contributed by atoms with Gasteiger partial charge in [0.1, 0.15) is 5.82 Å². The summed E-state index contributed by atoms with van der Waals surface area (Å²) in [7, 11) is -0.580. The summed E-state index contributed by atoms with van der Waals surface area (Å²) >= 11 is 0. The number of hydrogen-bond acceptors (Lipinski definition) is 3. The van der Waals surface area contributed by atoms with Gasteiger partial charge in [0.25, 0.3) is 10.2 Å². The van der Waals surface area contributed by atoms with E-state index in [9.17, 15) is 12.8 Å². The maximum absolute atomic E-state index is 13.6. The lowest BCUT2D eigenvalue weighted by Crippen LogP contribution is -2.41. The maximum Gasteiger partial charge on any atom is 0.279 e. The Morgan fingerprint density at radius 2 is 2.08 bits per heavy atom. The Morgan fingerprint density at radius 1 is 1.36 bits per heavy atom. The SMILES string of the molecule is CN(C)S(=O)(=O)N[C@H]1CC(C)(C)Cc2c1cnn2-c1cccc(F)c1. The highest BCUT2D eigenvalue weighted by molar-refractivity contribution is 7.87. The van der Waals surface area contributed by atoms with Crippen molar-refractivity contribution < 1.29 is 12.8 Å². The highest BCUT2D eigenvalue weighted by Gasteiger charge is 2.37. The maximum atomic E-state index is 13.6. The molecular weight excluding hydrogens is 343 g/mol. The van der Waals surface area contributed by atoms with E-state index in [2.05, 4.69) is 23.7 Å². The number of nitrogens with one attached hydrogen (secondary N) is 1. The smallest absolute Gasteiger partial charge is 0.237 e. The van der Waals surface area contributed by atoms with E-state index in [0.717, 1.165) is 22.0 Å². The predicted octanol–water partition coefficient (Wildman–Crippen LogP) is 2.42. The normalized spacial score (nSPS) is 19.8. The van der Waals surface area contributed by atoms with Crippen molar-refractivity contribution in [1.29, 1.82) is 0 Å². The van der Waals surface area contributed by atoms with E-state index in [0.29, 0.717) is 12.1 Å². The third-order valence-corrected chi connectivity index (χ3v) is 6.05. The van der Waals surface area contributed by atoms with Crippen LogP contribution in [-0.2, 0) is 16.6 Å². The lowest BCUT2D eigenvalue weighted by atomic mass is 9.74. The van der Waals surface area contributed by atoms with E-state index in [1.165, 1.54) is 26.2 Å². The molecule has 0 saturated carbocycles. The summed E-state index contributed by atoms with van der Waals surface area (Å²) in [5.41, 5.74) is 2.27. The molecule has 1 heterocycles. The predicted molar refractivity (Wildman–Crippen MR) is 94.1 cm³/mol. The van der Waals surface area contributed by atoms with Gasteiger partial charge < -0.3 is 0 Å². The van der Waals surface area contributed by atoms with E-state index in [4.69, 9.17) is 0 Å². The van der Waals surface area contributed by atoms with Gasteiger partial charge in [-0.1, -0.05) is 19.9 Å². The van der Waals surface area contributed by atoms with Gasteiger partial charge in [0, 0.05) is 25.4 Å². The number of nitrogens with zero attached hydrogens (tertiary/aromatic N) is 3. The van der Waals surface area contributed by atoms with Gasteiger partial charge in [0.2, 0.25) is 0 Å². The molecule has 0 aliphatic heterocycles. The Labute approximate surface area is 147 Å². The molecule has 1 aromatic carbocycles. The van der Waals surface area contributed by atoms with Crippen LogP contribution in [0.3, 0.4) is 0 Å². The number of benzene rings is 1. The summed E-state index contributed by atoms with van der Waals surface area (Å²) in [6.45, 7) is 4.19. The van der Waals surface area contributed by atoms with Crippen molar-refractivity contribution in [2.75, 3.05) is 14.1 Å². The summed E-state index contributed by atoms with van der Waals surface area (Å²) < 4.78 is 43.8. The van der Waals surface area contributed by atoms with Crippen LogP contribution in [0.1, 0.15) is 37.6 Å². The fourth-order valence-corrected chi connectivity index (χ4v) is 4.04. The minimum absolute atomic E-state index is 0.113. The Morgan fingerprint density at radius 3 is 2.72 bits per heavy atom. The quantitative estimate of drug-likeness (QED) is 0.904. The van der Waals surface area contributed by atoms with Gasteiger partial charge in [-0.05, 0) is 36.5 Å². The molecule has 2 aromatic rings. The molecule has 136 valence electrons. The molecule has 1 N–H and O–H groups in total. The van der Waals surface area contributed by atoms with Gasteiger partial charge in [-0.15, -0.1) is 0 Å². The second kappa shape index (κ2) is 6.19. The first-order chi connectivity index (χ1) is 11.6. The molecule has 8 heteroatoms. The van der Waals surface area contributed by atoms with Gasteiger partial charge in [0.05, 0.1) is 17.9 Å². The Hall–Kier alpha value is -1.77. The lowest BCUT2D eigenvalue weighted by molar-refractivity contribution is 0.267. The molecule has 1 atom stereocenters. The number of halogens is 1. The fraction of sp³-hybridized carbons (Fsp3) is 0.471. The molecule has 1 aromatic heterocycles. The van der Waals surface area contributed by atoms with Gasteiger partial charge in [-0.3, -0.25) is 0 Å². The zero-order valence-corrected chi connectivity index (χ0v) is 15.6. The molecule has 0 fully saturated rings. The first-order valence-corrected chi connectivity index (χ1v) is 9.56. The highest BCUT2D eigenvalue weighted by atomic mass is 32.2. The minimum atomic E-state index is -3.57. The van der Waals surface area contributed by atoms with Crippen LogP contribution in [0.15, 0.2) is 30.5 Å². The molecular formula is C17H23FN4O2S. The van der Waals surface area contributed by atoms with E-state index >= 15 is 0 Å². The van der Waals surface area contributed by atoms with Crippen molar-refractivity contribution in [3.05, 3.63) is 47.5 Å². The molecule has 0 amide bonds. The molecule has 0 radical (unpaired) electrons. The second-order valence-electron chi connectivity index (χ2n) is 7.44. The van der Waals surface area contributed by atoms with Crippen LogP contribution in [0.25, 0.3) is 5.69 Å².